The number of aromatic nitrogens is 4. The summed E-state index contributed by atoms with van der Waals surface area (Å²) in [7, 11) is 0. The van der Waals surface area contributed by atoms with E-state index in [0.717, 1.165) is 66.0 Å². The summed E-state index contributed by atoms with van der Waals surface area (Å²) in [5.74, 6) is 0.0571. The van der Waals surface area contributed by atoms with Crippen molar-refractivity contribution in [2.45, 2.75) is 25.4 Å². The molecule has 0 radical (unpaired) electrons. The molecule has 3 N–H and O–H groups in total. The maximum Gasteiger partial charge on any atom is 0.176 e. The molecule has 4 aromatic heterocycles. The Morgan fingerprint density at radius 2 is 1.82 bits per heavy atom. The maximum absolute atomic E-state index is 13.5. The lowest BCUT2D eigenvalue weighted by Gasteiger charge is -2.31. The molecule has 5 heterocycles. The van der Waals surface area contributed by atoms with E-state index in [-0.39, 0.29) is 11.9 Å². The number of likely N-dealkylation sites (tertiary alicyclic amines) is 1. The monoisotopic (exact) mass is 518 g/mol. The molecule has 0 bridgehead atoms. The third kappa shape index (κ3) is 5.02. The molecule has 0 unspecified atom stereocenters. The highest BCUT2D eigenvalue weighted by Gasteiger charge is 2.20. The number of anilines is 1. The number of nitrogens with two attached hydrogens (primary N) is 1. The minimum absolute atomic E-state index is 0.276. The number of rotatable bonds is 6. The maximum atomic E-state index is 13.5. The Bertz CT molecular complexity index is 1650. The lowest BCUT2D eigenvalue weighted by atomic mass is 10.0. The standard InChI is InChI=1S/C30H27FN8/c31-22-5-8-26(36-17-22)21-14-29-27(35-16-21)15-28(25-2-1-11-34-30(25)33)39(29)24-6-3-20(4-7-24)18-38-12-9-23(10-13-38)37-19-32/h1-8,11,14-17,23,37H,9-10,12-13,18H2,(H2,33,34). The van der Waals surface area contributed by atoms with Gasteiger partial charge in [0.05, 0.1) is 28.6 Å². The highest BCUT2D eigenvalue weighted by molar-refractivity contribution is 5.90. The largest absolute Gasteiger partial charge is 0.383 e. The summed E-state index contributed by atoms with van der Waals surface area (Å²) in [6.07, 6.45) is 8.64. The van der Waals surface area contributed by atoms with Crippen molar-refractivity contribution in [2.24, 2.45) is 0 Å². The van der Waals surface area contributed by atoms with Gasteiger partial charge in [0.15, 0.2) is 6.19 Å². The molecule has 0 spiro atoms. The van der Waals surface area contributed by atoms with Gasteiger partial charge in [-0.15, -0.1) is 0 Å². The molecule has 1 fully saturated rings. The Morgan fingerprint density at radius 1 is 1.00 bits per heavy atom. The first-order chi connectivity index (χ1) is 19.1. The van der Waals surface area contributed by atoms with E-state index < -0.39 is 0 Å². The Labute approximate surface area is 225 Å². The highest BCUT2D eigenvalue weighted by Crippen LogP contribution is 2.34. The number of nitrogens with one attached hydrogen (secondary N) is 1. The zero-order valence-corrected chi connectivity index (χ0v) is 21.3. The molecule has 1 aliphatic rings. The van der Waals surface area contributed by atoms with Crippen molar-refractivity contribution < 1.29 is 4.39 Å². The number of halogens is 1. The van der Waals surface area contributed by atoms with Gasteiger partial charge in [-0.3, -0.25) is 14.9 Å². The second-order valence-corrected chi connectivity index (χ2v) is 9.76. The van der Waals surface area contributed by atoms with Crippen LogP contribution in [0.4, 0.5) is 10.2 Å². The van der Waals surface area contributed by atoms with Crippen molar-refractivity contribution in [3.05, 3.63) is 90.6 Å². The minimum Gasteiger partial charge on any atom is -0.383 e. The van der Waals surface area contributed by atoms with Gasteiger partial charge in [0.2, 0.25) is 0 Å². The van der Waals surface area contributed by atoms with Gasteiger partial charge in [0.25, 0.3) is 0 Å². The number of benzene rings is 1. The smallest absolute Gasteiger partial charge is 0.176 e. The van der Waals surface area contributed by atoms with E-state index in [1.807, 2.05) is 24.3 Å². The first kappa shape index (κ1) is 24.5. The van der Waals surface area contributed by atoms with Crippen LogP contribution < -0.4 is 11.1 Å². The Kier molecular flexibility index (Phi) is 6.61. The lowest BCUT2D eigenvalue weighted by Crippen LogP contribution is -2.40. The average molecular weight is 519 g/mol. The van der Waals surface area contributed by atoms with E-state index in [1.165, 1.54) is 17.8 Å². The number of pyridine rings is 3. The van der Waals surface area contributed by atoms with Crippen molar-refractivity contribution in [1.82, 2.24) is 29.7 Å². The van der Waals surface area contributed by atoms with Gasteiger partial charge in [-0.2, -0.15) is 5.26 Å². The van der Waals surface area contributed by atoms with Crippen molar-refractivity contribution in [1.29, 1.82) is 5.26 Å². The minimum atomic E-state index is -0.381. The normalized spacial score (nSPS) is 14.4. The molecule has 0 amide bonds. The van der Waals surface area contributed by atoms with Crippen LogP contribution in [-0.2, 0) is 6.54 Å². The molecule has 0 atom stereocenters. The van der Waals surface area contributed by atoms with Gasteiger partial charge in [-0.25, -0.2) is 9.37 Å². The van der Waals surface area contributed by atoms with Gasteiger partial charge < -0.3 is 15.6 Å². The summed E-state index contributed by atoms with van der Waals surface area (Å²) < 4.78 is 15.6. The fourth-order valence-corrected chi connectivity index (χ4v) is 5.21. The zero-order chi connectivity index (χ0) is 26.8. The predicted molar refractivity (Wildman–Crippen MR) is 149 cm³/mol. The van der Waals surface area contributed by atoms with Crippen LogP contribution in [0.2, 0.25) is 0 Å². The lowest BCUT2D eigenvalue weighted by molar-refractivity contribution is 0.197. The second kappa shape index (κ2) is 10.5. The number of nitrogen functional groups attached to an aromatic ring is 1. The molecule has 9 heteroatoms. The zero-order valence-electron chi connectivity index (χ0n) is 21.3. The number of hydrogen-bond acceptors (Lipinski definition) is 7. The van der Waals surface area contributed by atoms with Crippen LogP contribution in [0.25, 0.3) is 39.2 Å². The molecular weight excluding hydrogens is 491 g/mol. The van der Waals surface area contributed by atoms with Crippen LogP contribution in [-0.4, -0.2) is 43.6 Å². The Morgan fingerprint density at radius 3 is 2.54 bits per heavy atom. The van der Waals surface area contributed by atoms with Crippen molar-refractivity contribution in [2.75, 3.05) is 18.8 Å². The summed E-state index contributed by atoms with van der Waals surface area (Å²) in [5, 5.41) is 11.8. The topological polar surface area (TPSA) is 109 Å². The Hall–Kier alpha value is -4.81. The number of fused-ring (bicyclic) bond motifs is 1. The molecule has 8 nitrogen and oxygen atoms in total. The average Bonchev–Trinajstić information content (AvgIpc) is 3.34. The van der Waals surface area contributed by atoms with Crippen LogP contribution in [0, 0.1) is 17.3 Å². The Balaban J connectivity index is 1.37. The third-order valence-corrected chi connectivity index (χ3v) is 7.25. The molecular formula is C30H27FN8. The van der Waals surface area contributed by atoms with Gasteiger partial charge >= 0.3 is 0 Å². The van der Waals surface area contributed by atoms with E-state index in [2.05, 4.69) is 55.2 Å². The van der Waals surface area contributed by atoms with Crippen molar-refractivity contribution in [3.8, 4) is 34.4 Å². The second-order valence-electron chi connectivity index (χ2n) is 9.76. The van der Waals surface area contributed by atoms with E-state index in [0.29, 0.717) is 11.5 Å². The summed E-state index contributed by atoms with van der Waals surface area (Å²) in [6.45, 7) is 2.77. The van der Waals surface area contributed by atoms with Gasteiger partial charge in [-0.1, -0.05) is 12.1 Å². The summed E-state index contributed by atoms with van der Waals surface area (Å²) in [4.78, 5) is 15.7. The molecule has 0 saturated carbocycles. The molecule has 1 saturated heterocycles. The highest BCUT2D eigenvalue weighted by atomic mass is 19.1. The summed E-state index contributed by atoms with van der Waals surface area (Å²) >= 11 is 0. The van der Waals surface area contributed by atoms with E-state index >= 15 is 0 Å². The van der Waals surface area contributed by atoms with Crippen LogP contribution >= 0.6 is 0 Å². The summed E-state index contributed by atoms with van der Waals surface area (Å²) in [5.41, 5.74) is 13.3. The van der Waals surface area contributed by atoms with Gasteiger partial charge in [0.1, 0.15) is 11.6 Å². The van der Waals surface area contributed by atoms with Crippen LogP contribution in [0.15, 0.2) is 79.3 Å². The van der Waals surface area contributed by atoms with Crippen LogP contribution in [0.3, 0.4) is 0 Å². The number of hydrogen-bond donors (Lipinski definition) is 2. The van der Waals surface area contributed by atoms with E-state index in [9.17, 15) is 4.39 Å². The molecule has 0 aliphatic carbocycles. The van der Waals surface area contributed by atoms with Gasteiger partial charge in [-0.05, 0) is 66.9 Å². The van der Waals surface area contributed by atoms with Crippen LogP contribution in [0.1, 0.15) is 18.4 Å². The van der Waals surface area contributed by atoms with E-state index in [1.54, 1.807) is 18.5 Å². The molecule has 1 aromatic carbocycles. The quantitative estimate of drug-likeness (QED) is 0.243. The van der Waals surface area contributed by atoms with Crippen molar-refractivity contribution >= 4 is 16.9 Å². The predicted octanol–water partition coefficient (Wildman–Crippen LogP) is 4.91. The number of piperidine rings is 1. The molecule has 1 aliphatic heterocycles. The van der Waals surface area contributed by atoms with Crippen molar-refractivity contribution in [3.63, 3.8) is 0 Å². The SMILES string of the molecule is N#CNC1CCN(Cc2ccc(-n3c(-c4cccnc4N)cc4ncc(-c5ccc(F)cn5)cc43)cc2)CC1. The van der Waals surface area contributed by atoms with E-state index in [4.69, 9.17) is 16.0 Å². The molecule has 5 aromatic rings. The summed E-state index contributed by atoms with van der Waals surface area (Å²) in [6, 6.07) is 19.7. The fraction of sp³-hybridized carbons (Fsp3) is 0.200. The molecule has 39 heavy (non-hydrogen) atoms. The number of nitriles is 1. The van der Waals surface area contributed by atoms with Crippen LogP contribution in [0.5, 0.6) is 0 Å². The first-order valence-electron chi connectivity index (χ1n) is 12.9. The molecule has 194 valence electrons. The fourth-order valence-electron chi connectivity index (χ4n) is 5.21. The third-order valence-electron chi connectivity index (χ3n) is 7.25. The first-order valence-corrected chi connectivity index (χ1v) is 12.9. The number of nitrogens with zero attached hydrogens (tertiary/aromatic N) is 6. The van der Waals surface area contributed by atoms with Gasteiger partial charge in [0, 0.05) is 54.9 Å². The molecule has 6 rings (SSSR count).